The van der Waals surface area contributed by atoms with E-state index in [9.17, 15) is 13.0 Å². The topological polar surface area (TPSA) is 299 Å². The Hall–Kier alpha value is -3.67. The average molecular weight is 1270 g/mol. The first-order valence-corrected chi connectivity index (χ1v) is 31.2. The summed E-state index contributed by atoms with van der Waals surface area (Å²) in [7, 11) is -3.25. The van der Waals surface area contributed by atoms with Crippen LogP contribution in [-0.2, 0) is 96.2 Å². The van der Waals surface area contributed by atoms with Gasteiger partial charge in [0.05, 0.1) is 238 Å². The normalized spacial score (nSPS) is 12.0. The van der Waals surface area contributed by atoms with Crippen LogP contribution in [0.1, 0.15) is 16.7 Å². The molecule has 3 aromatic carbocycles. The number of rotatable bonds is 63. The van der Waals surface area contributed by atoms with Crippen molar-refractivity contribution in [3.8, 4) is 0 Å². The standard InChI is InChI=1S/C60H100N2O24S/c1-70-60(58-4-2-3-5-59(58)87(67,68)69,54-6-10-56(11-7-54)61(14-22-71-30-38-79-46-50-83-42-34-75-26-18-63)15-23-72-31-39-80-47-51-84-43-35-76-27-19-64)55-8-12-57(13-9-55)62(16-24-73-32-40-81-48-52-85-44-36-77-28-20-65)17-25-74-33-41-82-49-53-86-45-37-78-29-21-66/h2-13,63-66H,14-53H2,1H3,(H,67,68,69). The largest absolute Gasteiger partial charge is 0.394 e. The van der Waals surface area contributed by atoms with Crippen LogP contribution in [0.25, 0.3) is 0 Å². The van der Waals surface area contributed by atoms with Crippen LogP contribution >= 0.6 is 0 Å². The zero-order chi connectivity index (χ0) is 62.4. The highest BCUT2D eigenvalue weighted by Crippen LogP contribution is 2.43. The van der Waals surface area contributed by atoms with Gasteiger partial charge in [-0.1, -0.05) is 42.5 Å². The molecule has 27 heteroatoms. The number of benzene rings is 3. The van der Waals surface area contributed by atoms with Crippen molar-refractivity contribution in [1.82, 2.24) is 0 Å². The molecule has 3 aromatic rings. The first-order valence-electron chi connectivity index (χ1n) is 29.8. The van der Waals surface area contributed by atoms with Crippen LogP contribution in [0.15, 0.2) is 77.7 Å². The van der Waals surface area contributed by atoms with E-state index in [0.29, 0.717) is 222 Å². The van der Waals surface area contributed by atoms with Gasteiger partial charge in [0.25, 0.3) is 10.1 Å². The van der Waals surface area contributed by atoms with E-state index in [-0.39, 0.29) is 63.3 Å². The molecule has 500 valence electrons. The highest BCUT2D eigenvalue weighted by molar-refractivity contribution is 7.85. The number of hydrogen-bond acceptors (Lipinski definition) is 25. The molecule has 0 radical (unpaired) electrons. The summed E-state index contributed by atoms with van der Waals surface area (Å²) in [6, 6.07) is 21.5. The molecule has 0 amide bonds. The van der Waals surface area contributed by atoms with Crippen molar-refractivity contribution in [3.63, 3.8) is 0 Å². The predicted octanol–water partition coefficient (Wildman–Crippen LogP) is 1.72. The Bertz CT molecular complexity index is 1970. The van der Waals surface area contributed by atoms with Crippen molar-refractivity contribution in [2.24, 2.45) is 0 Å². The van der Waals surface area contributed by atoms with Gasteiger partial charge in [0.2, 0.25) is 0 Å². The molecule has 0 saturated carbocycles. The molecule has 0 aliphatic heterocycles. The van der Waals surface area contributed by atoms with Crippen LogP contribution in [0, 0.1) is 0 Å². The fourth-order valence-electron chi connectivity index (χ4n) is 8.36. The summed E-state index contributed by atoms with van der Waals surface area (Å²) in [6.45, 7) is 13.7. The minimum atomic E-state index is -4.75. The quantitative estimate of drug-likeness (QED) is 0.0305. The number of hydrogen-bond donors (Lipinski definition) is 5. The SMILES string of the molecule is COC(c1ccc(N(CCOCCOCCOCCOCCO)CCOCCOCCOCCOCCO)cc1)(c1ccc(N(CCOCCOCCOCCOCCO)CCOCCOCCOCCOCCO)cc1)c1ccccc1S(=O)(=O)O. The van der Waals surface area contributed by atoms with Gasteiger partial charge in [0, 0.05) is 50.2 Å². The lowest BCUT2D eigenvalue weighted by molar-refractivity contribution is -0.00592. The van der Waals surface area contributed by atoms with Gasteiger partial charge >= 0.3 is 0 Å². The van der Waals surface area contributed by atoms with Gasteiger partial charge in [-0.3, -0.25) is 4.55 Å². The van der Waals surface area contributed by atoms with Crippen molar-refractivity contribution in [1.29, 1.82) is 0 Å². The number of aliphatic hydroxyl groups excluding tert-OH is 4. The third-order valence-electron chi connectivity index (χ3n) is 12.6. The van der Waals surface area contributed by atoms with Gasteiger partial charge in [-0.15, -0.1) is 0 Å². The lowest BCUT2D eigenvalue weighted by Crippen LogP contribution is -2.34. The zero-order valence-electron chi connectivity index (χ0n) is 51.0. The Morgan fingerprint density at radius 3 is 0.759 bits per heavy atom. The van der Waals surface area contributed by atoms with Gasteiger partial charge in [-0.25, -0.2) is 0 Å². The summed E-state index contributed by atoms with van der Waals surface area (Å²) in [4.78, 5) is 3.93. The van der Waals surface area contributed by atoms with E-state index in [0.717, 1.165) is 11.4 Å². The van der Waals surface area contributed by atoms with Crippen LogP contribution in [-0.4, -0.2) is 305 Å². The van der Waals surface area contributed by atoms with Gasteiger partial charge in [-0.2, -0.15) is 8.42 Å². The predicted molar refractivity (Wildman–Crippen MR) is 322 cm³/mol. The molecule has 0 aliphatic rings. The van der Waals surface area contributed by atoms with E-state index in [2.05, 4.69) is 9.80 Å². The maximum atomic E-state index is 13.2. The van der Waals surface area contributed by atoms with Gasteiger partial charge < -0.3 is 111 Å². The van der Waals surface area contributed by atoms with E-state index in [1.54, 1.807) is 18.2 Å². The van der Waals surface area contributed by atoms with Crippen molar-refractivity contribution >= 4 is 21.5 Å². The van der Waals surface area contributed by atoms with Gasteiger partial charge in [-0.05, 0) is 41.5 Å². The molecule has 3 rings (SSSR count). The number of nitrogens with zero attached hydrogens (tertiary/aromatic N) is 2. The molecule has 0 aliphatic carbocycles. The number of anilines is 2. The van der Waals surface area contributed by atoms with Crippen molar-refractivity contribution < 1.29 is 114 Å². The molecular formula is C60H100N2O24S. The summed E-state index contributed by atoms with van der Waals surface area (Å²) in [5, 5.41) is 35.4. The van der Waals surface area contributed by atoms with Crippen LogP contribution in [0.4, 0.5) is 11.4 Å². The third-order valence-corrected chi connectivity index (χ3v) is 13.5. The fraction of sp³-hybridized carbons (Fsp3) is 0.700. The molecule has 0 aromatic heterocycles. The van der Waals surface area contributed by atoms with Crippen LogP contribution in [0.3, 0.4) is 0 Å². The summed E-state index contributed by atoms with van der Waals surface area (Å²) in [5.41, 5.74) is 1.49. The molecule has 0 bridgehead atoms. The Morgan fingerprint density at radius 2 is 0.540 bits per heavy atom. The number of methoxy groups -OCH3 is 1. The van der Waals surface area contributed by atoms with Crippen LogP contribution in [0.5, 0.6) is 0 Å². The van der Waals surface area contributed by atoms with E-state index in [1.807, 2.05) is 48.5 Å². The Labute approximate surface area is 514 Å². The molecule has 0 unspecified atom stereocenters. The smallest absolute Gasteiger partial charge is 0.294 e. The Balaban J connectivity index is 1.80. The van der Waals surface area contributed by atoms with Gasteiger partial charge in [0.1, 0.15) is 10.5 Å². The van der Waals surface area contributed by atoms with Gasteiger partial charge in [0.15, 0.2) is 0 Å². The summed E-state index contributed by atoms with van der Waals surface area (Å²) in [5.74, 6) is 0. The van der Waals surface area contributed by atoms with Crippen molar-refractivity contribution in [2.45, 2.75) is 10.5 Å². The van der Waals surface area contributed by atoms with E-state index in [1.165, 1.54) is 13.2 Å². The molecule has 0 saturated heterocycles. The van der Waals surface area contributed by atoms with Crippen LogP contribution in [0.2, 0.25) is 0 Å². The first kappa shape index (κ1) is 77.6. The molecule has 26 nitrogen and oxygen atoms in total. The highest BCUT2D eigenvalue weighted by atomic mass is 32.2. The summed E-state index contributed by atoms with van der Waals surface area (Å²) < 4.78 is 133. The maximum absolute atomic E-state index is 13.2. The lowest BCUT2D eigenvalue weighted by Gasteiger charge is -2.36. The second-order valence-electron chi connectivity index (χ2n) is 18.6. The summed E-state index contributed by atoms with van der Waals surface area (Å²) >= 11 is 0. The number of ether oxygens (including phenoxy) is 17. The molecular weight excluding hydrogens is 1160 g/mol. The van der Waals surface area contributed by atoms with E-state index in [4.69, 9.17) is 101 Å². The summed E-state index contributed by atoms with van der Waals surface area (Å²) in [6.07, 6.45) is 0. The Kier molecular flexibility index (Phi) is 47.3. The molecule has 0 atom stereocenters. The fourth-order valence-corrected chi connectivity index (χ4v) is 9.10. The third kappa shape index (κ3) is 35.5. The average Bonchev–Trinajstić information content (AvgIpc) is 0.840. The molecule has 0 fully saturated rings. The second kappa shape index (κ2) is 53.0. The van der Waals surface area contributed by atoms with Crippen molar-refractivity contribution in [2.75, 3.05) is 281 Å². The minimum Gasteiger partial charge on any atom is -0.394 e. The first-order chi connectivity index (χ1) is 42.8. The molecule has 87 heavy (non-hydrogen) atoms. The molecule has 0 heterocycles. The number of aliphatic hydroxyl groups is 4. The second-order valence-corrected chi connectivity index (χ2v) is 20.0. The minimum absolute atomic E-state index is 0.0351. The molecule has 0 spiro atoms. The lowest BCUT2D eigenvalue weighted by atomic mass is 9.79. The molecule has 5 N–H and O–H groups in total. The van der Waals surface area contributed by atoms with E-state index < -0.39 is 15.7 Å². The van der Waals surface area contributed by atoms with Crippen molar-refractivity contribution in [3.05, 3.63) is 89.5 Å². The van der Waals surface area contributed by atoms with E-state index >= 15 is 0 Å². The monoisotopic (exact) mass is 1260 g/mol. The van der Waals surface area contributed by atoms with Crippen LogP contribution < -0.4 is 9.80 Å². The highest BCUT2D eigenvalue weighted by Gasteiger charge is 2.40. The maximum Gasteiger partial charge on any atom is 0.294 e. The Morgan fingerprint density at radius 1 is 0.322 bits per heavy atom. The zero-order valence-corrected chi connectivity index (χ0v) is 51.8.